The average molecular weight is 291 g/mol. The molecule has 2 rings (SSSR count). The van der Waals surface area contributed by atoms with E-state index in [9.17, 15) is 8.42 Å². The van der Waals surface area contributed by atoms with Crippen molar-refractivity contribution < 1.29 is 8.42 Å². The molecule has 0 aromatic carbocycles. The summed E-state index contributed by atoms with van der Waals surface area (Å²) in [4.78, 5) is 4.03. The Kier molecular flexibility index (Phi) is 3.46. The van der Waals surface area contributed by atoms with Crippen molar-refractivity contribution in [2.24, 2.45) is 7.05 Å². The van der Waals surface area contributed by atoms with Gasteiger partial charge in [-0.15, -0.1) is 0 Å². The van der Waals surface area contributed by atoms with Crippen molar-refractivity contribution in [1.82, 2.24) is 14.8 Å². The number of nitriles is 1. The van der Waals surface area contributed by atoms with Gasteiger partial charge in [-0.25, -0.2) is 13.4 Å². The van der Waals surface area contributed by atoms with Crippen LogP contribution in [0.25, 0.3) is 0 Å². The molecule has 0 atom stereocenters. The maximum absolute atomic E-state index is 12.3. The van der Waals surface area contributed by atoms with Gasteiger partial charge in [0.15, 0.2) is 0 Å². The van der Waals surface area contributed by atoms with E-state index >= 15 is 0 Å². The summed E-state index contributed by atoms with van der Waals surface area (Å²) in [6.07, 6.45) is 1.31. The normalized spacial score (nSPS) is 11.1. The third kappa shape index (κ3) is 2.48. The average Bonchev–Trinajstić information content (AvgIpc) is 2.64. The Morgan fingerprint density at radius 1 is 1.35 bits per heavy atom. The lowest BCUT2D eigenvalue weighted by molar-refractivity contribution is 0.599. The fraction of sp³-hybridized carbons (Fsp3) is 0.250. The SMILES string of the molecule is Cc1nn(C)c(C)c1S(=O)(=O)Nc1ccc(C#N)cn1. The second-order valence-electron chi connectivity index (χ2n) is 4.27. The van der Waals surface area contributed by atoms with Crippen molar-refractivity contribution in [2.45, 2.75) is 18.7 Å². The van der Waals surface area contributed by atoms with Crippen LogP contribution in [0.5, 0.6) is 0 Å². The molecule has 0 unspecified atom stereocenters. The summed E-state index contributed by atoms with van der Waals surface area (Å²) in [6.45, 7) is 3.31. The largest absolute Gasteiger partial charge is 0.271 e. The van der Waals surface area contributed by atoms with Crippen molar-refractivity contribution >= 4 is 15.8 Å². The molecule has 0 amide bonds. The van der Waals surface area contributed by atoms with Gasteiger partial charge in [0, 0.05) is 13.2 Å². The highest BCUT2D eigenvalue weighted by molar-refractivity contribution is 7.92. The van der Waals surface area contributed by atoms with E-state index in [0.29, 0.717) is 17.0 Å². The molecular weight excluding hydrogens is 278 g/mol. The van der Waals surface area contributed by atoms with Crippen LogP contribution in [0.15, 0.2) is 23.2 Å². The first kappa shape index (κ1) is 14.0. The highest BCUT2D eigenvalue weighted by Gasteiger charge is 2.24. The lowest BCUT2D eigenvalue weighted by atomic mass is 10.3. The van der Waals surface area contributed by atoms with Crippen LogP contribution in [-0.2, 0) is 17.1 Å². The molecule has 0 aliphatic heterocycles. The molecule has 0 saturated heterocycles. The number of aryl methyl sites for hydroxylation is 2. The van der Waals surface area contributed by atoms with Gasteiger partial charge < -0.3 is 0 Å². The molecule has 2 aromatic heterocycles. The Morgan fingerprint density at radius 3 is 2.50 bits per heavy atom. The quantitative estimate of drug-likeness (QED) is 0.912. The highest BCUT2D eigenvalue weighted by Crippen LogP contribution is 2.21. The molecule has 0 radical (unpaired) electrons. The Hall–Kier alpha value is -2.40. The monoisotopic (exact) mass is 291 g/mol. The van der Waals surface area contributed by atoms with Crippen LogP contribution < -0.4 is 4.72 Å². The Balaban J connectivity index is 2.38. The van der Waals surface area contributed by atoms with E-state index in [2.05, 4.69) is 14.8 Å². The minimum Gasteiger partial charge on any atom is -0.271 e. The number of nitrogens with zero attached hydrogens (tertiary/aromatic N) is 4. The Labute approximate surface area is 116 Å². The molecule has 2 aromatic rings. The predicted octanol–water partition coefficient (Wildman–Crippen LogP) is 1.10. The van der Waals surface area contributed by atoms with Crippen LogP contribution in [-0.4, -0.2) is 23.2 Å². The van der Waals surface area contributed by atoms with Gasteiger partial charge in [-0.05, 0) is 26.0 Å². The number of anilines is 1. The molecule has 0 aliphatic rings. The summed E-state index contributed by atoms with van der Waals surface area (Å²) < 4.78 is 28.6. The lowest BCUT2D eigenvalue weighted by Gasteiger charge is -2.07. The minimum absolute atomic E-state index is 0.145. The summed E-state index contributed by atoms with van der Waals surface area (Å²) in [7, 11) is -2.07. The van der Waals surface area contributed by atoms with Crippen molar-refractivity contribution in [3.8, 4) is 6.07 Å². The molecule has 0 saturated carbocycles. The number of sulfonamides is 1. The Morgan fingerprint density at radius 2 is 2.05 bits per heavy atom. The molecule has 7 nitrogen and oxygen atoms in total. The van der Waals surface area contributed by atoms with Crippen molar-refractivity contribution in [1.29, 1.82) is 5.26 Å². The third-order valence-electron chi connectivity index (χ3n) is 2.84. The van der Waals surface area contributed by atoms with Crippen LogP contribution >= 0.6 is 0 Å². The Bertz CT molecular complexity index is 784. The zero-order valence-corrected chi connectivity index (χ0v) is 12.1. The second-order valence-corrected chi connectivity index (χ2v) is 5.89. The van der Waals surface area contributed by atoms with E-state index in [1.54, 1.807) is 20.9 Å². The van der Waals surface area contributed by atoms with Gasteiger partial charge in [0.2, 0.25) is 0 Å². The van der Waals surface area contributed by atoms with E-state index in [4.69, 9.17) is 5.26 Å². The molecule has 0 spiro atoms. The molecule has 20 heavy (non-hydrogen) atoms. The molecule has 0 aliphatic carbocycles. The van der Waals surface area contributed by atoms with Gasteiger partial charge in [0.1, 0.15) is 16.8 Å². The van der Waals surface area contributed by atoms with Gasteiger partial charge in [0.25, 0.3) is 10.0 Å². The molecule has 2 heterocycles. The predicted molar refractivity (Wildman–Crippen MR) is 72.4 cm³/mol. The van der Waals surface area contributed by atoms with Crippen LogP contribution in [0.4, 0.5) is 5.82 Å². The standard InChI is InChI=1S/C12H13N5O2S/c1-8-12(9(2)17(3)15-8)20(18,19)16-11-5-4-10(6-13)7-14-11/h4-5,7H,1-3H3,(H,14,16). The third-order valence-corrected chi connectivity index (χ3v) is 4.45. The van der Waals surface area contributed by atoms with Gasteiger partial charge in [0.05, 0.1) is 17.0 Å². The summed E-state index contributed by atoms with van der Waals surface area (Å²) in [5.41, 5.74) is 1.33. The number of hydrogen-bond acceptors (Lipinski definition) is 5. The smallest absolute Gasteiger partial charge is 0.266 e. The summed E-state index contributed by atoms with van der Waals surface area (Å²) in [5, 5.41) is 12.8. The summed E-state index contributed by atoms with van der Waals surface area (Å²) in [6, 6.07) is 4.85. The molecule has 0 bridgehead atoms. The molecule has 1 N–H and O–H groups in total. The van der Waals surface area contributed by atoms with Gasteiger partial charge in [-0.2, -0.15) is 10.4 Å². The van der Waals surface area contributed by atoms with Crippen LogP contribution in [0.2, 0.25) is 0 Å². The van der Waals surface area contributed by atoms with E-state index in [0.717, 1.165) is 0 Å². The number of pyridine rings is 1. The van der Waals surface area contributed by atoms with E-state index in [1.807, 2.05) is 6.07 Å². The maximum atomic E-state index is 12.3. The number of rotatable bonds is 3. The number of nitrogens with one attached hydrogen (secondary N) is 1. The number of aromatic nitrogens is 3. The van der Waals surface area contributed by atoms with Crippen molar-refractivity contribution in [3.63, 3.8) is 0 Å². The zero-order chi connectivity index (χ0) is 14.9. The van der Waals surface area contributed by atoms with Crippen molar-refractivity contribution in [2.75, 3.05) is 4.72 Å². The van der Waals surface area contributed by atoms with Crippen LogP contribution in [0.3, 0.4) is 0 Å². The molecule has 8 heteroatoms. The summed E-state index contributed by atoms with van der Waals surface area (Å²) in [5.74, 6) is 0.159. The molecular formula is C12H13N5O2S. The van der Waals surface area contributed by atoms with E-state index in [1.165, 1.54) is 23.0 Å². The van der Waals surface area contributed by atoms with Gasteiger partial charge in [-0.3, -0.25) is 9.40 Å². The highest BCUT2D eigenvalue weighted by atomic mass is 32.2. The maximum Gasteiger partial charge on any atom is 0.266 e. The zero-order valence-electron chi connectivity index (χ0n) is 11.2. The minimum atomic E-state index is -3.75. The molecule has 0 fully saturated rings. The van der Waals surface area contributed by atoms with Crippen LogP contribution in [0.1, 0.15) is 17.0 Å². The number of hydrogen-bond donors (Lipinski definition) is 1. The summed E-state index contributed by atoms with van der Waals surface area (Å²) >= 11 is 0. The van der Waals surface area contributed by atoms with Gasteiger partial charge in [-0.1, -0.05) is 0 Å². The van der Waals surface area contributed by atoms with E-state index in [-0.39, 0.29) is 10.7 Å². The fourth-order valence-corrected chi connectivity index (χ4v) is 3.30. The first-order chi connectivity index (χ1) is 9.35. The fourth-order valence-electron chi connectivity index (χ4n) is 1.85. The first-order valence-electron chi connectivity index (χ1n) is 5.74. The van der Waals surface area contributed by atoms with Crippen molar-refractivity contribution in [3.05, 3.63) is 35.3 Å². The first-order valence-corrected chi connectivity index (χ1v) is 7.22. The van der Waals surface area contributed by atoms with Crippen LogP contribution in [0, 0.1) is 25.2 Å². The molecule has 104 valence electrons. The topological polar surface area (TPSA) is 101 Å². The van der Waals surface area contributed by atoms with E-state index < -0.39 is 10.0 Å². The van der Waals surface area contributed by atoms with Gasteiger partial charge >= 0.3 is 0 Å². The lowest BCUT2D eigenvalue weighted by Crippen LogP contribution is -2.15. The second kappa shape index (κ2) is 4.94.